The smallest absolute Gasteiger partial charge is 0.270 e. The molecule has 2 aromatic rings. The third kappa shape index (κ3) is 2.52. The standard InChI is InChI=1S/C8H10N8O/c1-16-14-8(13-15-16)11-7(17)5-2-3-10-6(4-5)12-9/h2-4H,9H2,1H3,(H,10,12)(H,11,14,17). The number of carbonyl (C=O) groups is 1. The molecule has 9 nitrogen and oxygen atoms in total. The molecule has 0 aromatic carbocycles. The third-order valence-electron chi connectivity index (χ3n) is 1.90. The van der Waals surface area contributed by atoms with Crippen LogP contribution in [0.15, 0.2) is 18.3 Å². The summed E-state index contributed by atoms with van der Waals surface area (Å²) in [5.74, 6) is 5.36. The van der Waals surface area contributed by atoms with E-state index in [0.29, 0.717) is 11.4 Å². The number of hydrogen-bond donors (Lipinski definition) is 3. The molecule has 88 valence electrons. The van der Waals surface area contributed by atoms with Gasteiger partial charge in [0.1, 0.15) is 5.82 Å². The van der Waals surface area contributed by atoms with Crippen LogP contribution < -0.4 is 16.6 Å². The van der Waals surface area contributed by atoms with Gasteiger partial charge in [-0.2, -0.15) is 4.80 Å². The van der Waals surface area contributed by atoms with Crippen molar-refractivity contribution in [2.75, 3.05) is 10.7 Å². The van der Waals surface area contributed by atoms with E-state index in [1.54, 1.807) is 13.1 Å². The fraction of sp³-hybridized carbons (Fsp3) is 0.125. The summed E-state index contributed by atoms with van der Waals surface area (Å²) >= 11 is 0. The number of carbonyl (C=O) groups excluding carboxylic acids is 1. The number of amides is 1. The molecule has 2 heterocycles. The highest BCUT2D eigenvalue weighted by Gasteiger charge is 2.09. The Bertz CT molecular complexity index is 536. The summed E-state index contributed by atoms with van der Waals surface area (Å²) in [5, 5.41) is 13.5. The van der Waals surface area contributed by atoms with Crippen molar-refractivity contribution in [1.82, 2.24) is 25.2 Å². The molecule has 0 atom stereocenters. The summed E-state index contributed by atoms with van der Waals surface area (Å²) in [6, 6.07) is 3.05. The van der Waals surface area contributed by atoms with Crippen LogP contribution in [0.3, 0.4) is 0 Å². The van der Waals surface area contributed by atoms with Gasteiger partial charge < -0.3 is 5.43 Å². The molecule has 2 aromatic heterocycles. The minimum atomic E-state index is -0.364. The molecule has 0 unspecified atom stereocenters. The molecule has 0 aliphatic heterocycles. The van der Waals surface area contributed by atoms with Crippen LogP contribution in [0.25, 0.3) is 0 Å². The second-order valence-electron chi connectivity index (χ2n) is 3.13. The lowest BCUT2D eigenvalue weighted by atomic mass is 10.2. The number of aromatic nitrogens is 5. The van der Waals surface area contributed by atoms with E-state index in [1.165, 1.54) is 17.1 Å². The van der Waals surface area contributed by atoms with Crippen molar-refractivity contribution in [3.63, 3.8) is 0 Å². The molecule has 0 saturated carbocycles. The van der Waals surface area contributed by atoms with Gasteiger partial charge in [0.2, 0.25) is 0 Å². The van der Waals surface area contributed by atoms with Crippen molar-refractivity contribution in [2.24, 2.45) is 12.9 Å². The lowest BCUT2D eigenvalue weighted by Gasteiger charge is -2.02. The summed E-state index contributed by atoms with van der Waals surface area (Å²) in [6.07, 6.45) is 1.47. The molecule has 0 aliphatic rings. The minimum absolute atomic E-state index is 0.136. The molecule has 0 spiro atoms. The highest BCUT2D eigenvalue weighted by molar-refractivity contribution is 6.03. The van der Waals surface area contributed by atoms with E-state index in [0.717, 1.165) is 0 Å². The predicted octanol–water partition coefficient (Wildman–Crippen LogP) is -0.857. The minimum Gasteiger partial charge on any atom is -0.308 e. The summed E-state index contributed by atoms with van der Waals surface area (Å²) < 4.78 is 0. The summed E-state index contributed by atoms with van der Waals surface area (Å²) in [4.78, 5) is 16.9. The number of anilines is 2. The first-order valence-electron chi connectivity index (χ1n) is 4.67. The monoisotopic (exact) mass is 234 g/mol. The fourth-order valence-electron chi connectivity index (χ4n) is 1.16. The number of nitrogens with one attached hydrogen (secondary N) is 2. The Morgan fingerprint density at radius 2 is 2.35 bits per heavy atom. The maximum atomic E-state index is 11.8. The Labute approximate surface area is 96.0 Å². The van der Waals surface area contributed by atoms with Crippen LogP contribution in [0.4, 0.5) is 11.8 Å². The maximum absolute atomic E-state index is 11.8. The van der Waals surface area contributed by atoms with Crippen LogP contribution in [0.5, 0.6) is 0 Å². The molecule has 1 amide bonds. The lowest BCUT2D eigenvalue weighted by molar-refractivity contribution is 0.102. The van der Waals surface area contributed by atoms with Crippen LogP contribution in [-0.2, 0) is 7.05 Å². The van der Waals surface area contributed by atoms with Gasteiger partial charge in [0.05, 0.1) is 7.05 Å². The van der Waals surface area contributed by atoms with E-state index in [-0.39, 0.29) is 11.9 Å². The normalized spacial score (nSPS) is 10.0. The van der Waals surface area contributed by atoms with E-state index >= 15 is 0 Å². The van der Waals surface area contributed by atoms with Crippen molar-refractivity contribution < 1.29 is 4.79 Å². The Morgan fingerprint density at radius 3 is 3.00 bits per heavy atom. The lowest BCUT2D eigenvalue weighted by Crippen LogP contribution is -2.15. The molecule has 17 heavy (non-hydrogen) atoms. The van der Waals surface area contributed by atoms with Gasteiger partial charge in [0, 0.05) is 11.8 Å². The van der Waals surface area contributed by atoms with E-state index in [4.69, 9.17) is 5.84 Å². The van der Waals surface area contributed by atoms with Crippen molar-refractivity contribution >= 4 is 17.7 Å². The van der Waals surface area contributed by atoms with Crippen LogP contribution in [0.1, 0.15) is 10.4 Å². The Balaban J connectivity index is 2.14. The average molecular weight is 234 g/mol. The van der Waals surface area contributed by atoms with Gasteiger partial charge in [-0.05, 0) is 17.3 Å². The van der Waals surface area contributed by atoms with E-state index in [2.05, 4.69) is 31.1 Å². The maximum Gasteiger partial charge on any atom is 0.270 e. The third-order valence-corrected chi connectivity index (χ3v) is 1.90. The first-order chi connectivity index (χ1) is 8.19. The molecule has 0 aliphatic carbocycles. The summed E-state index contributed by atoms with van der Waals surface area (Å²) in [7, 11) is 1.60. The SMILES string of the molecule is Cn1nnc(NC(=O)c2ccnc(NN)c2)n1. The first kappa shape index (κ1) is 11.0. The molecular weight excluding hydrogens is 224 g/mol. The topological polar surface area (TPSA) is 124 Å². The zero-order chi connectivity index (χ0) is 12.3. The largest absolute Gasteiger partial charge is 0.308 e. The Hall–Kier alpha value is -2.55. The number of hydrazine groups is 1. The molecular formula is C8H10N8O. The van der Waals surface area contributed by atoms with Gasteiger partial charge >= 0.3 is 0 Å². The number of hydrogen-bond acceptors (Lipinski definition) is 7. The zero-order valence-corrected chi connectivity index (χ0v) is 8.95. The van der Waals surface area contributed by atoms with Crippen LogP contribution >= 0.6 is 0 Å². The quantitative estimate of drug-likeness (QED) is 0.466. The van der Waals surface area contributed by atoms with Gasteiger partial charge in [0.25, 0.3) is 11.9 Å². The second kappa shape index (κ2) is 4.53. The number of tetrazole rings is 1. The van der Waals surface area contributed by atoms with E-state index in [1.807, 2.05) is 0 Å². The second-order valence-corrected chi connectivity index (χ2v) is 3.13. The number of rotatable bonds is 3. The number of nitrogens with zero attached hydrogens (tertiary/aromatic N) is 5. The molecule has 0 saturated heterocycles. The van der Waals surface area contributed by atoms with Crippen molar-refractivity contribution in [3.8, 4) is 0 Å². The zero-order valence-electron chi connectivity index (χ0n) is 8.95. The molecule has 9 heteroatoms. The molecule has 0 bridgehead atoms. The fourth-order valence-corrected chi connectivity index (χ4v) is 1.16. The van der Waals surface area contributed by atoms with Crippen molar-refractivity contribution in [2.45, 2.75) is 0 Å². The van der Waals surface area contributed by atoms with Crippen molar-refractivity contribution in [3.05, 3.63) is 23.9 Å². The van der Waals surface area contributed by atoms with E-state index < -0.39 is 0 Å². The number of pyridine rings is 1. The summed E-state index contributed by atoms with van der Waals surface area (Å²) in [6.45, 7) is 0. The van der Waals surface area contributed by atoms with Crippen LogP contribution in [0.2, 0.25) is 0 Å². The van der Waals surface area contributed by atoms with Crippen molar-refractivity contribution in [1.29, 1.82) is 0 Å². The first-order valence-corrected chi connectivity index (χ1v) is 4.67. The summed E-state index contributed by atoms with van der Waals surface area (Å²) in [5.41, 5.74) is 2.74. The van der Waals surface area contributed by atoms with Gasteiger partial charge in [-0.15, -0.1) is 5.10 Å². The highest BCUT2D eigenvalue weighted by Crippen LogP contribution is 2.07. The number of aryl methyl sites for hydroxylation is 1. The molecule has 4 N–H and O–H groups in total. The average Bonchev–Trinajstić information content (AvgIpc) is 2.75. The predicted molar refractivity (Wildman–Crippen MR) is 58.8 cm³/mol. The van der Waals surface area contributed by atoms with Crippen LogP contribution in [-0.4, -0.2) is 31.1 Å². The van der Waals surface area contributed by atoms with Gasteiger partial charge in [0.15, 0.2) is 0 Å². The number of nitrogens with two attached hydrogens (primary N) is 1. The molecule has 0 fully saturated rings. The van der Waals surface area contributed by atoms with E-state index in [9.17, 15) is 4.79 Å². The van der Waals surface area contributed by atoms with Gasteiger partial charge in [-0.25, -0.2) is 10.8 Å². The van der Waals surface area contributed by atoms with Gasteiger partial charge in [-0.3, -0.25) is 10.1 Å². The van der Waals surface area contributed by atoms with Crippen LogP contribution in [0, 0.1) is 0 Å². The number of nitrogen functional groups attached to an aromatic ring is 1. The molecule has 0 radical (unpaired) electrons. The Kier molecular flexibility index (Phi) is 2.92. The van der Waals surface area contributed by atoms with Gasteiger partial charge in [-0.1, -0.05) is 5.10 Å². The Morgan fingerprint density at radius 1 is 1.53 bits per heavy atom. The highest BCUT2D eigenvalue weighted by atomic mass is 16.1. The molecule has 2 rings (SSSR count).